The van der Waals surface area contributed by atoms with Crippen molar-refractivity contribution in [3.8, 4) is 56.0 Å². The molecule has 0 saturated carbocycles. The highest BCUT2D eigenvalue weighted by Crippen LogP contribution is 2.50. The first kappa shape index (κ1) is 99.5. The number of likely N-dealkylation sites (tertiary alicyclic amines) is 1. The summed E-state index contributed by atoms with van der Waals surface area (Å²) in [5.41, 5.74) is 18.3. The summed E-state index contributed by atoms with van der Waals surface area (Å²) >= 11 is 0. The van der Waals surface area contributed by atoms with Gasteiger partial charge >= 0.3 is 30.2 Å². The van der Waals surface area contributed by atoms with Gasteiger partial charge in [-0.3, -0.25) is 28.8 Å². The van der Waals surface area contributed by atoms with Crippen molar-refractivity contribution in [1.29, 1.82) is 0 Å². The number of rotatable bonds is 49. The molecule has 1 heterocycles. The van der Waals surface area contributed by atoms with E-state index < -0.39 is 77.8 Å². The lowest BCUT2D eigenvalue weighted by Crippen LogP contribution is -2.47. The number of hydrogen-bond donors (Lipinski definition) is 5. The molecule has 5 atom stereocenters. The minimum absolute atomic E-state index is 0.0127. The second kappa shape index (κ2) is 48.4. The topological polar surface area (TPSA) is 308 Å². The van der Waals surface area contributed by atoms with Crippen LogP contribution < -0.4 is 36.1 Å². The molecule has 730 valence electrons. The molecule has 24 heteroatoms. The fourth-order valence-corrected chi connectivity index (χ4v) is 20.8. The minimum Gasteiger partial charge on any atom is -0.497 e. The van der Waals surface area contributed by atoms with E-state index in [0.717, 1.165) is 106 Å². The average molecular weight is 1900 g/mol. The Labute approximate surface area is 824 Å². The summed E-state index contributed by atoms with van der Waals surface area (Å²) in [5.74, 6) is -3.18. The summed E-state index contributed by atoms with van der Waals surface area (Å²) < 4.78 is 48.4. The number of hydrogen-bond acceptors (Lipinski definition) is 18. The standard InChI is InChI=1S/C117H124N6O18/c1-77(124)56-65-110(127)141-85-70-82(72-140-117(79-34-7-6-8-35-79,80-57-61-83(134-2)62-58-80)81-59-63-84(135-3)64-60-81)123(71-85)109(126)55-10-5-4-9-54-108(125)106(121-112(129)78(69-111(128)136-73-102-94-44-19-11-36-86(94)87-37-12-20-45-95(87)102)33-27-30-67-119-114(131)137-74-103-96-46-21-13-38-88(96)89-39-14-22-47-97(89)103)52-28-31-66-118-113(130)107(122-116(133)139-76-105-100-50-25-17-42-92(100)93-43-18-26-51-101(93)105)53-29-32-68-120-115(132)138-75-104-98-48-23-15-40-90(98)91-41-16-24-49-99(91)104/h6-8,11-26,34-51,57-64,78,82,85,102-107H,4-5,9-10,27-33,52-56,65-76H2,1-3H3,(H,118,130)(H,119,131)(H,120,132)(H,121,129)(H,122,133)/t78?,82-,85+,106?,107?/m0/s1. The third kappa shape index (κ3) is 24.5. The maximum absolute atomic E-state index is 15.3. The van der Waals surface area contributed by atoms with Crippen molar-refractivity contribution in [2.24, 2.45) is 5.92 Å². The first-order chi connectivity index (χ1) is 68.9. The van der Waals surface area contributed by atoms with Crippen LogP contribution in [0.4, 0.5) is 14.4 Å². The van der Waals surface area contributed by atoms with Crippen molar-refractivity contribution in [3.63, 3.8) is 0 Å². The number of ketones is 2. The smallest absolute Gasteiger partial charge is 0.407 e. The molecule has 5 N–H and O–H groups in total. The Balaban J connectivity index is 0.588. The van der Waals surface area contributed by atoms with Crippen LogP contribution in [0.5, 0.6) is 11.5 Å². The molecule has 16 rings (SSSR count). The predicted octanol–water partition coefficient (Wildman–Crippen LogP) is 20.3. The molecule has 6 amide bonds. The molecule has 0 aromatic heterocycles. The minimum atomic E-state index is -1.23. The van der Waals surface area contributed by atoms with Crippen molar-refractivity contribution >= 4 is 59.5 Å². The fraction of sp³-hybridized carbons (Fsp3) is 0.350. The number of Topliss-reactive ketones (excluding diaryl/α,β-unsaturated/α-hetero) is 2. The van der Waals surface area contributed by atoms with Gasteiger partial charge in [-0.2, -0.15) is 0 Å². The van der Waals surface area contributed by atoms with Gasteiger partial charge < -0.3 is 74.2 Å². The van der Waals surface area contributed by atoms with Gasteiger partial charge in [0, 0.05) is 74.9 Å². The Hall–Kier alpha value is -14.5. The molecule has 3 unspecified atom stereocenters. The van der Waals surface area contributed by atoms with Gasteiger partial charge in [-0.15, -0.1) is 0 Å². The second-order valence-corrected chi connectivity index (χ2v) is 37.1. The molecule has 1 aliphatic heterocycles. The number of esters is 2. The van der Waals surface area contributed by atoms with E-state index in [9.17, 15) is 38.4 Å². The van der Waals surface area contributed by atoms with Crippen molar-refractivity contribution < 1.29 is 85.8 Å². The Bertz CT molecular complexity index is 5990. The molecule has 5 aliphatic rings. The van der Waals surface area contributed by atoms with Crippen LogP contribution in [-0.2, 0) is 67.6 Å². The highest BCUT2D eigenvalue weighted by molar-refractivity contribution is 5.92. The number of nitrogens with one attached hydrogen (secondary N) is 5. The summed E-state index contributed by atoms with van der Waals surface area (Å²) in [5, 5.41) is 14.8. The van der Waals surface area contributed by atoms with Crippen LogP contribution in [0.15, 0.2) is 273 Å². The summed E-state index contributed by atoms with van der Waals surface area (Å²) in [6.07, 6.45) is 2.18. The lowest BCUT2D eigenvalue weighted by atomic mass is 9.80. The molecule has 1 fully saturated rings. The Morgan fingerprint density at radius 1 is 0.348 bits per heavy atom. The van der Waals surface area contributed by atoms with E-state index in [1.54, 1.807) is 19.1 Å². The molecule has 0 radical (unpaired) electrons. The molecule has 1 saturated heterocycles. The number of benzene rings is 11. The maximum Gasteiger partial charge on any atom is 0.407 e. The Kier molecular flexibility index (Phi) is 34.1. The number of carbonyl (C=O) groups excluding carboxylic acids is 10. The van der Waals surface area contributed by atoms with Gasteiger partial charge in [-0.25, -0.2) is 14.4 Å². The van der Waals surface area contributed by atoms with Crippen molar-refractivity contribution in [3.05, 3.63) is 334 Å². The highest BCUT2D eigenvalue weighted by atomic mass is 16.6. The molecule has 24 nitrogen and oxygen atoms in total. The highest BCUT2D eigenvalue weighted by Gasteiger charge is 2.44. The molecule has 141 heavy (non-hydrogen) atoms. The third-order valence-electron chi connectivity index (χ3n) is 28.1. The van der Waals surface area contributed by atoms with Gasteiger partial charge in [0.05, 0.1) is 52.3 Å². The molecule has 11 aromatic carbocycles. The average Bonchev–Trinajstić information content (AvgIpc) is 1.75. The zero-order chi connectivity index (χ0) is 98.0. The van der Waals surface area contributed by atoms with E-state index >= 15 is 9.59 Å². The third-order valence-corrected chi connectivity index (χ3v) is 28.1. The van der Waals surface area contributed by atoms with Crippen LogP contribution in [0.1, 0.15) is 214 Å². The number of alkyl carbamates (subject to hydrolysis) is 3. The summed E-state index contributed by atoms with van der Waals surface area (Å²) in [6, 6.07) is 87.0. The Morgan fingerprint density at radius 2 is 0.723 bits per heavy atom. The lowest BCUT2D eigenvalue weighted by molar-refractivity contribution is -0.150. The number of unbranched alkanes of at least 4 members (excludes halogenated alkanes) is 6. The quantitative estimate of drug-likeness (QED) is 0.0102. The SMILES string of the molecule is COc1ccc(C(OC[C@@H]2C[C@@H](OC(=O)CCC(C)=O)CN2C(=O)CCCCCCC(=O)C(CCCCNC(=O)C(CCCCNC(=O)OCC2c3ccccc3-c3ccccc32)NC(=O)OCC2c3ccccc3-c3ccccc32)NC(=O)C(CCCCNC(=O)OCC2c3ccccc3-c3ccccc32)CC(=O)OCC2c3ccccc3-c3ccccc32)(c2ccccc2)c2ccc(OC)cc2)cc1. The normalized spacial score (nSPS) is 14.8. The van der Waals surface area contributed by atoms with Crippen LogP contribution in [0, 0.1) is 5.92 Å². The van der Waals surface area contributed by atoms with E-state index in [2.05, 4.69) is 99.4 Å². The lowest BCUT2D eigenvalue weighted by Gasteiger charge is -2.38. The number of carbonyl (C=O) groups is 10. The molecule has 11 aromatic rings. The number of methoxy groups -OCH3 is 2. The largest absolute Gasteiger partial charge is 0.497 e. The van der Waals surface area contributed by atoms with Gasteiger partial charge in [-0.05, 0) is 201 Å². The van der Waals surface area contributed by atoms with E-state index in [4.69, 9.17) is 37.9 Å². The fourth-order valence-electron chi connectivity index (χ4n) is 20.8. The van der Waals surface area contributed by atoms with E-state index in [0.29, 0.717) is 75.7 Å². The van der Waals surface area contributed by atoms with E-state index in [1.807, 2.05) is 200 Å². The van der Waals surface area contributed by atoms with E-state index in [1.165, 1.54) is 6.92 Å². The first-order valence-corrected chi connectivity index (χ1v) is 49.6. The van der Waals surface area contributed by atoms with Crippen molar-refractivity contribution in [2.75, 3.05) is 73.4 Å². The monoisotopic (exact) mass is 1900 g/mol. The first-order valence-electron chi connectivity index (χ1n) is 49.6. The van der Waals surface area contributed by atoms with Gasteiger partial charge in [-0.1, -0.05) is 268 Å². The predicted molar refractivity (Wildman–Crippen MR) is 538 cm³/mol. The van der Waals surface area contributed by atoms with Gasteiger partial charge in [0.15, 0.2) is 5.78 Å². The van der Waals surface area contributed by atoms with Crippen molar-refractivity contribution in [1.82, 2.24) is 31.5 Å². The van der Waals surface area contributed by atoms with Crippen LogP contribution in [0.3, 0.4) is 0 Å². The number of ether oxygens (including phenoxy) is 8. The zero-order valence-electron chi connectivity index (χ0n) is 80.3. The number of amides is 6. The maximum atomic E-state index is 15.3. The van der Waals surface area contributed by atoms with Crippen molar-refractivity contribution in [2.45, 2.75) is 182 Å². The number of fused-ring (bicyclic) bond motifs is 12. The van der Waals surface area contributed by atoms with Gasteiger partial charge in [0.2, 0.25) is 17.7 Å². The van der Waals surface area contributed by atoms with Crippen LogP contribution in [0.2, 0.25) is 0 Å². The number of nitrogens with zero attached hydrogens (tertiary/aromatic N) is 1. The molecular weight excluding hydrogens is 1780 g/mol. The molecular formula is C117H124N6O18. The molecule has 4 aliphatic carbocycles. The van der Waals surface area contributed by atoms with E-state index in [-0.39, 0.29) is 158 Å². The van der Waals surface area contributed by atoms with Crippen LogP contribution in [0.25, 0.3) is 44.5 Å². The summed E-state index contributed by atoms with van der Waals surface area (Å²) in [4.78, 5) is 142. The molecule has 0 bridgehead atoms. The van der Waals surface area contributed by atoms with Crippen LogP contribution >= 0.6 is 0 Å². The van der Waals surface area contributed by atoms with Crippen LogP contribution in [-0.4, -0.2) is 162 Å². The van der Waals surface area contributed by atoms with Gasteiger partial charge in [0.1, 0.15) is 61.5 Å². The summed E-state index contributed by atoms with van der Waals surface area (Å²) in [7, 11) is 3.20. The zero-order valence-corrected chi connectivity index (χ0v) is 80.3. The summed E-state index contributed by atoms with van der Waals surface area (Å²) in [6.45, 7) is 2.40. The molecule has 0 spiro atoms. The van der Waals surface area contributed by atoms with Gasteiger partial charge in [0.25, 0.3) is 0 Å². The Morgan fingerprint density at radius 3 is 1.15 bits per heavy atom. The second-order valence-electron chi connectivity index (χ2n) is 37.1.